The second kappa shape index (κ2) is 49.5. The van der Waals surface area contributed by atoms with Gasteiger partial charge < -0.3 is 9.97 Å². The highest BCUT2D eigenvalue weighted by Gasteiger charge is 2.34. The lowest BCUT2D eigenvalue weighted by atomic mass is 10.1. The Balaban J connectivity index is 1.06. The number of thioether (sulfide) groups is 16. The van der Waals surface area contributed by atoms with Gasteiger partial charge in [-0.1, -0.05) is 374 Å². The van der Waals surface area contributed by atoms with Crippen LogP contribution in [0.5, 0.6) is 0 Å². The summed E-state index contributed by atoms with van der Waals surface area (Å²) in [6.07, 6.45) is 29.7. The number of hydrogen-bond acceptors (Lipinski definition) is 26. The van der Waals surface area contributed by atoms with Crippen molar-refractivity contribution >= 4 is 378 Å². The van der Waals surface area contributed by atoms with Crippen molar-refractivity contribution in [2.45, 2.75) is 209 Å². The molecule has 8 bridgehead atoms. The van der Waals surface area contributed by atoms with Gasteiger partial charge in [-0.15, -0.1) is 185 Å². The van der Waals surface area contributed by atoms with Crippen molar-refractivity contribution in [1.82, 2.24) is 19.9 Å². The van der Waals surface area contributed by atoms with Crippen LogP contribution in [0.25, 0.3) is 143 Å². The molecule has 0 aliphatic carbocycles. The SMILES string of the molecule is CCCCCSC1=C(SCCCCC)SC(=c2sc3c4nc(c(-c5ccccc5)c5[nH]c(c(-c6ccccc6)c6nc(c(-c7ccccc7)c7[nH]c(c4-c4ccccc4)c4sc(=C8SC(SCCCCC)=C(SCCCCC)S8)sc74)c4sc(=C7SC(SCCCCC)=C(SCCCCC)S7)sc64)c4sc(=C6SC(SCCCCC)=C(SCCCCC)S6)sc54)c3s2)S1. The van der Waals surface area contributed by atoms with Gasteiger partial charge in [0.25, 0.3) is 0 Å². The Morgan fingerprint density at radius 2 is 0.375 bits per heavy atom. The number of aromatic amines is 2. The summed E-state index contributed by atoms with van der Waals surface area (Å²) in [4.78, 5) is 22.3. The van der Waals surface area contributed by atoms with Crippen molar-refractivity contribution in [3.8, 4) is 44.5 Å². The van der Waals surface area contributed by atoms with Gasteiger partial charge in [-0.3, -0.25) is 0 Å². The smallest absolute Gasteiger partial charge is 0.101 e. The minimum atomic E-state index is 1.02. The van der Waals surface area contributed by atoms with E-state index in [1.165, 1.54) is 258 Å². The molecule has 12 heterocycles. The van der Waals surface area contributed by atoms with Crippen LogP contribution in [0.4, 0.5) is 0 Å². The molecular formula is C100H110N4S24. The highest BCUT2D eigenvalue weighted by molar-refractivity contribution is 8.48. The van der Waals surface area contributed by atoms with E-state index in [9.17, 15) is 0 Å². The molecule has 0 amide bonds. The molecule has 0 unspecified atom stereocenters. The third-order valence-electron chi connectivity index (χ3n) is 22.0. The van der Waals surface area contributed by atoms with Gasteiger partial charge in [0.05, 0.1) is 133 Å². The van der Waals surface area contributed by atoms with Crippen LogP contribution in [0.1, 0.15) is 209 Å². The maximum atomic E-state index is 6.57. The quantitative estimate of drug-likeness (QED) is 0.0356. The van der Waals surface area contributed by atoms with Crippen LogP contribution in [0, 0.1) is 0 Å². The molecule has 4 aliphatic rings. The van der Waals surface area contributed by atoms with Gasteiger partial charge in [0.2, 0.25) is 0 Å². The topological polar surface area (TPSA) is 57.4 Å². The van der Waals surface area contributed by atoms with Crippen molar-refractivity contribution in [3.05, 3.63) is 171 Å². The summed E-state index contributed by atoms with van der Waals surface area (Å²) >= 11 is 49.2. The molecule has 4 nitrogen and oxygen atoms in total. The van der Waals surface area contributed by atoms with Crippen molar-refractivity contribution in [3.63, 3.8) is 0 Å². The van der Waals surface area contributed by atoms with Gasteiger partial charge in [-0.25, -0.2) is 9.97 Å². The molecule has 8 aromatic heterocycles. The Hall–Kier alpha value is -1.24. The monoisotopic (exact) mass is 2130 g/mol. The van der Waals surface area contributed by atoms with Gasteiger partial charge in [-0.05, 0) is 120 Å². The fraction of sp³-hybridized carbons (Fsp3) is 0.400. The van der Waals surface area contributed by atoms with Crippen molar-refractivity contribution < 1.29 is 0 Å². The summed E-state index contributed by atoms with van der Waals surface area (Å²) in [5.74, 6) is 9.14. The summed E-state index contributed by atoms with van der Waals surface area (Å²) < 4.78 is 33.0. The number of nitrogens with one attached hydrogen (secondary N) is 2. The largest absolute Gasteiger partial charge is 0.352 e. The van der Waals surface area contributed by atoms with Gasteiger partial charge in [0.15, 0.2) is 0 Å². The average molecular weight is 2140 g/mol. The highest BCUT2D eigenvalue weighted by Crippen LogP contribution is 2.64. The van der Waals surface area contributed by atoms with E-state index in [1.807, 2.05) is 90.7 Å². The van der Waals surface area contributed by atoms with Crippen LogP contribution >= 0.6 is 279 Å². The van der Waals surface area contributed by atoms with E-state index in [2.05, 4.69) is 375 Å². The standard InChI is InChI=1S/C100H110N4S24/c1-9-17-37-53-105-85-86(106-54-38-18-10-2)122-97(121-85)93-113-77-69-65(61-45-29-25-30-46-61)71-79-81(117-94(115-79)98-123-87(107-55-39-19-11-3)88(124-98)108-56-40-20-12-4)73(102-71)67(63-49-33-27-34-50-63)75-83-84(120-96(119-83)100-127-91(111-59-43-23-15-7)92(128-100)112-60-44-24-16-8)76(104-75)68(64-51-35-28-36-52-64)74-82-80(72(103-74)66(62-47-31-26-32-48-62)70(101-69)78(77)114-93)116-95(118-82)99-125-89(109-57-41-21-13-5)90(126-99)110-58-42-22-14-6/h25-36,45-52,101,104H,9-24,37-44,53-60H2,1-8H3. The molecule has 0 fully saturated rings. The first-order valence-electron chi connectivity index (χ1n) is 45.7. The Morgan fingerprint density at radius 3 is 0.539 bits per heavy atom. The maximum absolute atomic E-state index is 6.57. The first kappa shape index (κ1) is 98.4. The number of benzene rings is 4. The number of unbranched alkanes of at least 4 members (excludes halogenated alkanes) is 16. The van der Waals surface area contributed by atoms with Crippen LogP contribution < -0.4 is 15.4 Å². The molecule has 13 aromatic rings. The fourth-order valence-electron chi connectivity index (χ4n) is 15.4. The minimum Gasteiger partial charge on any atom is -0.352 e. The number of aromatic nitrogens is 4. The Bertz CT molecular complexity index is 5520. The minimum absolute atomic E-state index is 1.02. The normalized spacial score (nSPS) is 14.8. The molecule has 0 atom stereocenters. The van der Waals surface area contributed by atoms with Gasteiger partial charge in [0, 0.05) is 22.3 Å². The van der Waals surface area contributed by atoms with Crippen LogP contribution in [0.15, 0.2) is 155 Å². The van der Waals surface area contributed by atoms with Crippen LogP contribution in [-0.4, -0.2) is 66.0 Å². The molecule has 2 N–H and O–H groups in total. The molecular weight excluding hydrogens is 2030 g/mol. The number of rotatable bonds is 44. The molecule has 0 radical (unpaired) electrons. The van der Waals surface area contributed by atoms with E-state index in [0.717, 1.165) is 135 Å². The lowest BCUT2D eigenvalue weighted by molar-refractivity contribution is 0.779. The third-order valence-corrected chi connectivity index (χ3v) is 57.3. The first-order chi connectivity index (χ1) is 63.2. The van der Waals surface area contributed by atoms with Crippen LogP contribution in [-0.2, 0) is 0 Å². The lowest BCUT2D eigenvalue weighted by Gasteiger charge is -2.06. The van der Waals surface area contributed by atoms with E-state index < -0.39 is 0 Å². The Morgan fingerprint density at radius 1 is 0.211 bits per heavy atom. The van der Waals surface area contributed by atoms with Crippen LogP contribution in [0.2, 0.25) is 0 Å². The fourth-order valence-corrected chi connectivity index (χ4v) is 51.3. The second-order valence-corrected chi connectivity index (χ2v) is 60.9. The Labute approximate surface area is 857 Å². The zero-order valence-corrected chi connectivity index (χ0v) is 93.5. The predicted octanol–water partition coefficient (Wildman–Crippen LogP) is 39.8. The molecule has 0 saturated heterocycles. The summed E-state index contributed by atoms with van der Waals surface area (Å²) in [5.41, 5.74) is 17.6. The van der Waals surface area contributed by atoms with E-state index in [-0.39, 0.29) is 0 Å². The predicted molar refractivity (Wildman–Crippen MR) is 628 cm³/mol. The number of nitrogens with zero attached hydrogens (tertiary/aromatic N) is 2. The van der Waals surface area contributed by atoms with Crippen LogP contribution in [0.3, 0.4) is 0 Å². The number of hydrogen-bond donors (Lipinski definition) is 2. The maximum Gasteiger partial charge on any atom is 0.101 e. The van der Waals surface area contributed by atoms with E-state index >= 15 is 0 Å². The molecule has 5 aromatic carbocycles. The van der Waals surface area contributed by atoms with Gasteiger partial charge >= 0.3 is 0 Å². The van der Waals surface area contributed by atoms with Gasteiger partial charge in [-0.2, -0.15) is 0 Å². The van der Waals surface area contributed by atoms with Crippen molar-refractivity contribution in [2.24, 2.45) is 0 Å². The lowest BCUT2D eigenvalue weighted by Crippen LogP contribution is -1.90. The van der Waals surface area contributed by atoms with Gasteiger partial charge in [0.1, 0.15) is 15.4 Å². The van der Waals surface area contributed by atoms with E-state index in [0.29, 0.717) is 0 Å². The highest BCUT2D eigenvalue weighted by atomic mass is 32.3. The summed E-state index contributed by atoms with van der Waals surface area (Å²) in [6.45, 7) is 18.7. The van der Waals surface area contributed by atoms with Crippen molar-refractivity contribution in [2.75, 3.05) is 46.0 Å². The summed E-state index contributed by atoms with van der Waals surface area (Å²) in [7, 11) is 0. The molecule has 4 aliphatic heterocycles. The zero-order chi connectivity index (χ0) is 87.7. The molecule has 0 spiro atoms. The molecule has 28 heteroatoms. The first-order valence-corrected chi connectivity index (χ1v) is 66.6. The van der Waals surface area contributed by atoms with Crippen molar-refractivity contribution in [1.29, 1.82) is 0 Å². The molecule has 128 heavy (non-hydrogen) atoms. The Kier molecular flexibility index (Phi) is 38.1. The summed E-state index contributed by atoms with van der Waals surface area (Å²) in [5, 5.41) is 0. The second-order valence-electron chi connectivity index (χ2n) is 31.6. The zero-order valence-electron chi connectivity index (χ0n) is 73.9. The van der Waals surface area contributed by atoms with E-state index in [4.69, 9.17) is 9.97 Å². The third kappa shape index (κ3) is 23.2. The van der Waals surface area contributed by atoms with E-state index in [1.54, 1.807) is 0 Å². The summed E-state index contributed by atoms with van der Waals surface area (Å²) in [6, 6.07) is 45.9. The number of H-pyrrole nitrogens is 2. The molecule has 0 saturated carbocycles. The molecule has 17 rings (SSSR count). The average Bonchev–Trinajstić information content (AvgIpc) is 1.66. The molecule has 674 valence electrons.